The maximum absolute atomic E-state index is 11.7. The van der Waals surface area contributed by atoms with E-state index in [-0.39, 0.29) is 12.5 Å². The molecule has 2 fully saturated rings. The molecule has 5 nitrogen and oxygen atoms in total. The predicted octanol–water partition coefficient (Wildman–Crippen LogP) is 1.69. The van der Waals surface area contributed by atoms with Gasteiger partial charge in [-0.15, -0.1) is 0 Å². The normalized spacial score (nSPS) is 26.1. The molecule has 1 saturated heterocycles. The van der Waals surface area contributed by atoms with E-state index in [1.807, 2.05) is 4.90 Å². The SMILES string of the molecule is COCC(=O)N1CCN(Cc2ccc([C@@H]3C[C@@H]3C)o2)CC1. The Bertz CT molecular complexity index is 491. The number of piperazine rings is 1. The summed E-state index contributed by atoms with van der Waals surface area (Å²) in [6.45, 7) is 6.62. The van der Waals surface area contributed by atoms with E-state index in [4.69, 9.17) is 9.15 Å². The second-order valence-corrected chi connectivity index (χ2v) is 6.21. The highest BCUT2D eigenvalue weighted by Gasteiger charge is 2.36. The summed E-state index contributed by atoms with van der Waals surface area (Å²) in [5, 5.41) is 0. The van der Waals surface area contributed by atoms with E-state index in [1.54, 1.807) is 7.11 Å². The maximum Gasteiger partial charge on any atom is 0.248 e. The van der Waals surface area contributed by atoms with Gasteiger partial charge in [0.25, 0.3) is 0 Å². The number of hydrogen-bond donors (Lipinski definition) is 0. The van der Waals surface area contributed by atoms with Crippen LogP contribution in [0.3, 0.4) is 0 Å². The molecular formula is C16H24N2O3. The Morgan fingerprint density at radius 3 is 2.67 bits per heavy atom. The number of amides is 1. The molecule has 0 bridgehead atoms. The van der Waals surface area contributed by atoms with Crippen LogP contribution < -0.4 is 0 Å². The molecule has 1 amide bonds. The van der Waals surface area contributed by atoms with E-state index in [0.29, 0.717) is 5.92 Å². The van der Waals surface area contributed by atoms with E-state index in [2.05, 4.69) is 24.0 Å². The van der Waals surface area contributed by atoms with Gasteiger partial charge in [-0.1, -0.05) is 6.92 Å². The fourth-order valence-electron chi connectivity index (χ4n) is 2.99. The van der Waals surface area contributed by atoms with Crippen molar-refractivity contribution < 1.29 is 13.9 Å². The minimum Gasteiger partial charge on any atom is -0.464 e. The van der Waals surface area contributed by atoms with E-state index in [1.165, 1.54) is 6.42 Å². The van der Waals surface area contributed by atoms with Gasteiger partial charge < -0.3 is 14.1 Å². The molecule has 3 rings (SSSR count). The quantitative estimate of drug-likeness (QED) is 0.828. The van der Waals surface area contributed by atoms with Gasteiger partial charge in [0.05, 0.1) is 6.54 Å². The molecule has 2 heterocycles. The summed E-state index contributed by atoms with van der Waals surface area (Å²) in [5.74, 6) is 3.69. The zero-order valence-corrected chi connectivity index (χ0v) is 12.9. The smallest absolute Gasteiger partial charge is 0.248 e. The van der Waals surface area contributed by atoms with E-state index >= 15 is 0 Å². The first-order valence-electron chi connectivity index (χ1n) is 7.75. The standard InChI is InChI=1S/C16H24N2O3/c1-12-9-14(12)15-4-3-13(21-15)10-17-5-7-18(8-6-17)16(19)11-20-2/h3-4,12,14H,5-11H2,1-2H3/t12-,14+/m0/s1. The van der Waals surface area contributed by atoms with Gasteiger partial charge in [0.15, 0.2) is 0 Å². The van der Waals surface area contributed by atoms with Gasteiger partial charge in [0.1, 0.15) is 18.1 Å². The Balaban J connectivity index is 1.47. The number of methoxy groups -OCH3 is 1. The summed E-state index contributed by atoms with van der Waals surface area (Å²) >= 11 is 0. The molecule has 1 aromatic heterocycles. The number of carbonyl (C=O) groups excluding carboxylic acids is 1. The minimum absolute atomic E-state index is 0.0835. The number of hydrogen-bond acceptors (Lipinski definition) is 4. The highest BCUT2D eigenvalue weighted by molar-refractivity contribution is 5.77. The monoisotopic (exact) mass is 292 g/mol. The average Bonchev–Trinajstić information content (AvgIpc) is 3.03. The molecule has 1 aromatic rings. The minimum atomic E-state index is 0.0835. The first kappa shape index (κ1) is 14.6. The lowest BCUT2D eigenvalue weighted by atomic mass is 10.2. The second kappa shape index (κ2) is 6.20. The first-order valence-corrected chi connectivity index (χ1v) is 7.75. The number of nitrogens with zero attached hydrogens (tertiary/aromatic N) is 2. The Morgan fingerprint density at radius 1 is 1.33 bits per heavy atom. The van der Waals surface area contributed by atoms with Crippen LogP contribution in [0.5, 0.6) is 0 Å². The molecule has 0 unspecified atom stereocenters. The van der Waals surface area contributed by atoms with E-state index < -0.39 is 0 Å². The lowest BCUT2D eigenvalue weighted by molar-refractivity contribution is -0.137. The van der Waals surface area contributed by atoms with Crippen molar-refractivity contribution in [2.24, 2.45) is 5.92 Å². The molecule has 21 heavy (non-hydrogen) atoms. The van der Waals surface area contributed by atoms with E-state index in [9.17, 15) is 4.79 Å². The first-order chi connectivity index (χ1) is 10.2. The Kier molecular flexibility index (Phi) is 4.31. The molecular weight excluding hydrogens is 268 g/mol. The van der Waals surface area contributed by atoms with Gasteiger partial charge in [-0.2, -0.15) is 0 Å². The van der Waals surface area contributed by atoms with Crippen LogP contribution in [-0.2, 0) is 16.1 Å². The van der Waals surface area contributed by atoms with Crippen LogP contribution in [0.15, 0.2) is 16.5 Å². The topological polar surface area (TPSA) is 45.9 Å². The maximum atomic E-state index is 11.7. The van der Waals surface area contributed by atoms with Gasteiger partial charge in [0, 0.05) is 39.2 Å². The van der Waals surface area contributed by atoms with Crippen molar-refractivity contribution in [3.8, 4) is 0 Å². The fourth-order valence-corrected chi connectivity index (χ4v) is 2.99. The largest absolute Gasteiger partial charge is 0.464 e. The van der Waals surface area contributed by atoms with Gasteiger partial charge in [-0.05, 0) is 24.5 Å². The summed E-state index contributed by atoms with van der Waals surface area (Å²) in [6, 6.07) is 4.23. The van der Waals surface area contributed by atoms with Crippen molar-refractivity contribution in [2.45, 2.75) is 25.8 Å². The molecule has 5 heteroatoms. The zero-order valence-electron chi connectivity index (χ0n) is 12.9. The lowest BCUT2D eigenvalue weighted by Crippen LogP contribution is -2.49. The van der Waals surface area contributed by atoms with Gasteiger partial charge >= 0.3 is 0 Å². The summed E-state index contributed by atoms with van der Waals surface area (Å²) in [7, 11) is 1.56. The van der Waals surface area contributed by atoms with Crippen LogP contribution in [-0.4, -0.2) is 55.6 Å². The summed E-state index contributed by atoms with van der Waals surface area (Å²) < 4.78 is 10.9. The second-order valence-electron chi connectivity index (χ2n) is 6.21. The highest BCUT2D eigenvalue weighted by atomic mass is 16.5. The van der Waals surface area contributed by atoms with Crippen LogP contribution in [0.25, 0.3) is 0 Å². The van der Waals surface area contributed by atoms with Crippen molar-refractivity contribution in [3.63, 3.8) is 0 Å². The van der Waals surface area contributed by atoms with Crippen molar-refractivity contribution in [3.05, 3.63) is 23.7 Å². The van der Waals surface area contributed by atoms with Crippen LogP contribution in [0.4, 0.5) is 0 Å². The molecule has 0 radical (unpaired) electrons. The van der Waals surface area contributed by atoms with Crippen molar-refractivity contribution in [1.29, 1.82) is 0 Å². The molecule has 1 aliphatic carbocycles. The van der Waals surface area contributed by atoms with Gasteiger partial charge in [-0.25, -0.2) is 0 Å². The average molecular weight is 292 g/mol. The van der Waals surface area contributed by atoms with Crippen LogP contribution in [0, 0.1) is 5.92 Å². The number of carbonyl (C=O) groups is 1. The number of rotatable bonds is 5. The van der Waals surface area contributed by atoms with Gasteiger partial charge in [-0.3, -0.25) is 9.69 Å². The van der Waals surface area contributed by atoms with Crippen LogP contribution >= 0.6 is 0 Å². The molecule has 0 N–H and O–H groups in total. The Morgan fingerprint density at radius 2 is 2.05 bits per heavy atom. The lowest BCUT2D eigenvalue weighted by Gasteiger charge is -2.34. The third-order valence-corrected chi connectivity index (χ3v) is 4.53. The third-order valence-electron chi connectivity index (χ3n) is 4.53. The molecule has 2 atom stereocenters. The zero-order chi connectivity index (χ0) is 14.8. The Hall–Kier alpha value is -1.33. The molecule has 0 spiro atoms. The van der Waals surface area contributed by atoms with Crippen molar-refractivity contribution in [1.82, 2.24) is 9.80 Å². The number of ether oxygens (including phenoxy) is 1. The molecule has 116 valence electrons. The highest BCUT2D eigenvalue weighted by Crippen LogP contribution is 2.47. The molecule has 2 aliphatic rings. The molecule has 1 saturated carbocycles. The Labute approximate surface area is 125 Å². The molecule has 1 aliphatic heterocycles. The van der Waals surface area contributed by atoms with E-state index in [0.717, 1.165) is 50.2 Å². The van der Waals surface area contributed by atoms with Crippen LogP contribution in [0.1, 0.15) is 30.8 Å². The summed E-state index contributed by atoms with van der Waals surface area (Å²) in [6.07, 6.45) is 1.26. The molecule has 0 aromatic carbocycles. The third kappa shape index (κ3) is 3.47. The summed E-state index contributed by atoms with van der Waals surface area (Å²) in [5.41, 5.74) is 0. The fraction of sp³-hybridized carbons (Fsp3) is 0.688. The van der Waals surface area contributed by atoms with Crippen molar-refractivity contribution >= 4 is 5.91 Å². The number of furan rings is 1. The predicted molar refractivity (Wildman–Crippen MR) is 79.0 cm³/mol. The van der Waals surface area contributed by atoms with Crippen LogP contribution in [0.2, 0.25) is 0 Å². The van der Waals surface area contributed by atoms with Gasteiger partial charge in [0.2, 0.25) is 5.91 Å². The summed E-state index contributed by atoms with van der Waals surface area (Å²) in [4.78, 5) is 16.0. The van der Waals surface area contributed by atoms with Crippen molar-refractivity contribution in [2.75, 3.05) is 39.9 Å².